The monoisotopic (exact) mass is 356 g/mol. The number of benzene rings is 2. The second-order valence-corrected chi connectivity index (χ2v) is 7.04. The standard InChI is InChI=1S/C25H16.Ca/c1-3-9-19-17(7-1)15-23-21(19)11-5-13-25(23)14-6-12-22-20-10-4-2-8-18(20)16-24(22)25;/h1-16H;. The van der Waals surface area contributed by atoms with Gasteiger partial charge >= 0.3 is 0 Å². The van der Waals surface area contributed by atoms with Crippen molar-refractivity contribution in [3.63, 3.8) is 0 Å². The first-order chi connectivity index (χ1) is 12.4. The minimum atomic E-state index is -0.161. The molecule has 0 saturated carbocycles. The summed E-state index contributed by atoms with van der Waals surface area (Å²) in [4.78, 5) is 0. The molecule has 1 spiro atoms. The van der Waals surface area contributed by atoms with Crippen LogP contribution in [0.25, 0.3) is 23.3 Å². The summed E-state index contributed by atoms with van der Waals surface area (Å²) in [6.07, 6.45) is 18.4. The Labute approximate surface area is 183 Å². The van der Waals surface area contributed by atoms with Gasteiger partial charge in [0.05, 0.1) is 5.41 Å². The summed E-state index contributed by atoms with van der Waals surface area (Å²) in [7, 11) is 0. The SMILES string of the molecule is C1=CC2(C=CC=C3C2=Cc2ccccc23)C2=Cc3ccccc3C2=C1.[Ca]. The van der Waals surface area contributed by atoms with Gasteiger partial charge in [0.1, 0.15) is 0 Å². The van der Waals surface area contributed by atoms with Crippen molar-refractivity contribution in [2.24, 2.45) is 5.41 Å². The second-order valence-electron chi connectivity index (χ2n) is 7.04. The van der Waals surface area contributed by atoms with Gasteiger partial charge in [-0.3, -0.25) is 0 Å². The third kappa shape index (κ3) is 2.01. The summed E-state index contributed by atoms with van der Waals surface area (Å²) in [5, 5.41) is 0. The summed E-state index contributed by atoms with van der Waals surface area (Å²) in [5.41, 5.74) is 10.7. The molecule has 0 atom stereocenters. The van der Waals surface area contributed by atoms with E-state index in [0.717, 1.165) is 0 Å². The zero-order valence-electron chi connectivity index (χ0n) is 14.4. The summed E-state index contributed by atoms with van der Waals surface area (Å²) in [6.45, 7) is 0. The fourth-order valence-corrected chi connectivity index (χ4v) is 4.69. The largest absolute Gasteiger partial charge is 0.0657 e. The summed E-state index contributed by atoms with van der Waals surface area (Å²) >= 11 is 0. The van der Waals surface area contributed by atoms with Gasteiger partial charge in [0.25, 0.3) is 0 Å². The third-order valence-corrected chi connectivity index (χ3v) is 5.82. The van der Waals surface area contributed by atoms with E-state index < -0.39 is 0 Å². The van der Waals surface area contributed by atoms with E-state index in [2.05, 4.69) is 97.1 Å². The van der Waals surface area contributed by atoms with E-state index in [4.69, 9.17) is 0 Å². The first kappa shape index (κ1) is 16.3. The molecule has 0 aliphatic heterocycles. The molecule has 0 aromatic heterocycles. The molecule has 2 radical (unpaired) electrons. The summed E-state index contributed by atoms with van der Waals surface area (Å²) < 4.78 is 0. The Hall–Kier alpha value is -1.86. The Morgan fingerprint density at radius 2 is 1.04 bits per heavy atom. The number of allylic oxidation sites excluding steroid dienone is 10. The Balaban J connectivity index is 0.00000150. The predicted molar refractivity (Wildman–Crippen MR) is 111 cm³/mol. The van der Waals surface area contributed by atoms with Crippen molar-refractivity contribution in [1.29, 1.82) is 0 Å². The molecule has 4 aliphatic carbocycles. The average molecular weight is 356 g/mol. The smallest absolute Gasteiger partial charge is 0.0581 e. The molecule has 0 saturated heterocycles. The van der Waals surface area contributed by atoms with Gasteiger partial charge in [-0.25, -0.2) is 0 Å². The molecule has 0 unspecified atom stereocenters. The summed E-state index contributed by atoms with van der Waals surface area (Å²) in [5.74, 6) is 0. The molecule has 0 bridgehead atoms. The number of rotatable bonds is 0. The Bertz CT molecular complexity index is 1040. The normalized spacial score (nSPS) is 19.4. The van der Waals surface area contributed by atoms with Crippen LogP contribution in [0.4, 0.5) is 0 Å². The van der Waals surface area contributed by atoms with Gasteiger partial charge in [-0.2, -0.15) is 0 Å². The molecule has 118 valence electrons. The number of hydrogen-bond donors (Lipinski definition) is 0. The van der Waals surface area contributed by atoms with Crippen molar-refractivity contribution in [3.8, 4) is 0 Å². The fourth-order valence-electron chi connectivity index (χ4n) is 4.69. The molecule has 2 aromatic carbocycles. The van der Waals surface area contributed by atoms with Crippen LogP contribution in [0.15, 0.2) is 96.1 Å². The third-order valence-electron chi connectivity index (χ3n) is 5.82. The molecule has 4 aliphatic rings. The van der Waals surface area contributed by atoms with E-state index in [9.17, 15) is 0 Å². The van der Waals surface area contributed by atoms with E-state index in [0.29, 0.717) is 0 Å². The second kappa shape index (κ2) is 5.82. The van der Waals surface area contributed by atoms with Crippen LogP contribution in [0.2, 0.25) is 0 Å². The average Bonchev–Trinajstić information content (AvgIpc) is 3.23. The zero-order valence-corrected chi connectivity index (χ0v) is 16.7. The van der Waals surface area contributed by atoms with E-state index in [-0.39, 0.29) is 43.2 Å². The molecule has 0 heterocycles. The van der Waals surface area contributed by atoms with Crippen molar-refractivity contribution >= 4 is 61.0 Å². The van der Waals surface area contributed by atoms with Crippen LogP contribution in [0.3, 0.4) is 0 Å². The molecule has 0 fully saturated rings. The molecule has 2 aromatic rings. The maximum atomic E-state index is 2.38. The minimum Gasteiger partial charge on any atom is -0.0657 e. The first-order valence-corrected chi connectivity index (χ1v) is 8.80. The summed E-state index contributed by atoms with van der Waals surface area (Å²) in [6, 6.07) is 17.4. The molecule has 26 heavy (non-hydrogen) atoms. The van der Waals surface area contributed by atoms with Crippen LogP contribution < -0.4 is 0 Å². The fraction of sp³-hybridized carbons (Fsp3) is 0.0400. The van der Waals surface area contributed by atoms with Crippen molar-refractivity contribution in [1.82, 2.24) is 0 Å². The molecule has 0 N–H and O–H groups in total. The van der Waals surface area contributed by atoms with Gasteiger partial charge < -0.3 is 0 Å². The van der Waals surface area contributed by atoms with E-state index in [1.165, 1.54) is 44.5 Å². The van der Waals surface area contributed by atoms with Crippen LogP contribution in [-0.4, -0.2) is 37.7 Å². The first-order valence-electron chi connectivity index (χ1n) is 8.80. The molecular weight excluding hydrogens is 340 g/mol. The van der Waals surface area contributed by atoms with Crippen molar-refractivity contribution in [2.75, 3.05) is 0 Å². The van der Waals surface area contributed by atoms with Crippen molar-refractivity contribution in [2.45, 2.75) is 0 Å². The minimum absolute atomic E-state index is 0. The van der Waals surface area contributed by atoms with E-state index >= 15 is 0 Å². The van der Waals surface area contributed by atoms with Gasteiger partial charge in [-0.1, -0.05) is 85.0 Å². The van der Waals surface area contributed by atoms with Crippen LogP contribution in [-0.2, 0) is 0 Å². The molecular formula is C25H16Ca. The number of hydrogen-bond acceptors (Lipinski definition) is 0. The quantitative estimate of drug-likeness (QED) is 0.532. The molecule has 6 rings (SSSR count). The van der Waals surface area contributed by atoms with E-state index in [1.54, 1.807) is 0 Å². The maximum absolute atomic E-state index is 2.38. The van der Waals surface area contributed by atoms with Crippen LogP contribution >= 0.6 is 0 Å². The van der Waals surface area contributed by atoms with Crippen LogP contribution in [0.1, 0.15) is 22.3 Å². The van der Waals surface area contributed by atoms with Gasteiger partial charge in [0.2, 0.25) is 0 Å². The number of fused-ring (bicyclic) bond motifs is 8. The van der Waals surface area contributed by atoms with Crippen molar-refractivity contribution in [3.05, 3.63) is 118 Å². The van der Waals surface area contributed by atoms with Crippen molar-refractivity contribution < 1.29 is 0 Å². The van der Waals surface area contributed by atoms with Gasteiger partial charge in [0.15, 0.2) is 0 Å². The maximum Gasteiger partial charge on any atom is 0.0581 e. The predicted octanol–water partition coefficient (Wildman–Crippen LogP) is 5.69. The van der Waals surface area contributed by atoms with E-state index in [1.807, 2.05) is 0 Å². The molecule has 1 heteroatoms. The van der Waals surface area contributed by atoms with Gasteiger partial charge in [0, 0.05) is 37.7 Å². The van der Waals surface area contributed by atoms with Gasteiger partial charge in [-0.05, 0) is 56.7 Å². The zero-order chi connectivity index (χ0) is 16.4. The molecule has 0 amide bonds. The van der Waals surface area contributed by atoms with Crippen LogP contribution in [0, 0.1) is 5.41 Å². The topological polar surface area (TPSA) is 0 Å². The molecule has 0 nitrogen and oxygen atoms in total. The van der Waals surface area contributed by atoms with Gasteiger partial charge in [-0.15, -0.1) is 0 Å². The Morgan fingerprint density at radius 1 is 0.577 bits per heavy atom. The van der Waals surface area contributed by atoms with Crippen LogP contribution in [0.5, 0.6) is 0 Å². The Morgan fingerprint density at radius 3 is 1.54 bits per heavy atom. The Kier molecular flexibility index (Phi) is 3.65.